The predicted octanol–water partition coefficient (Wildman–Crippen LogP) is 1.63. The Morgan fingerprint density at radius 2 is 2.28 bits per heavy atom. The van der Waals surface area contributed by atoms with E-state index < -0.39 is 0 Å². The number of aromatic nitrogens is 4. The Kier molecular flexibility index (Phi) is 2.45. The van der Waals surface area contributed by atoms with Gasteiger partial charge in [0.2, 0.25) is 0 Å². The van der Waals surface area contributed by atoms with Gasteiger partial charge in [-0.1, -0.05) is 13.8 Å². The van der Waals surface area contributed by atoms with E-state index in [9.17, 15) is 0 Å². The molecule has 5 heteroatoms. The normalized spacial score (nSPS) is 21.6. The van der Waals surface area contributed by atoms with Crippen molar-refractivity contribution in [3.05, 3.63) is 36.0 Å². The van der Waals surface area contributed by atoms with Crippen molar-refractivity contribution in [3.8, 4) is 5.82 Å². The van der Waals surface area contributed by atoms with Gasteiger partial charge >= 0.3 is 0 Å². The molecule has 0 radical (unpaired) electrons. The lowest BCUT2D eigenvalue weighted by Gasteiger charge is -2.33. The van der Waals surface area contributed by atoms with Crippen LogP contribution in [0.1, 0.15) is 37.6 Å². The van der Waals surface area contributed by atoms with E-state index >= 15 is 0 Å². The van der Waals surface area contributed by atoms with Crippen molar-refractivity contribution < 1.29 is 0 Å². The molecule has 0 saturated heterocycles. The van der Waals surface area contributed by atoms with Crippen molar-refractivity contribution in [2.75, 3.05) is 0 Å². The minimum Gasteiger partial charge on any atom is -0.324 e. The number of rotatable bonds is 1. The zero-order valence-electron chi connectivity index (χ0n) is 10.7. The fourth-order valence-corrected chi connectivity index (χ4v) is 2.71. The van der Waals surface area contributed by atoms with Crippen LogP contribution in [-0.2, 0) is 6.42 Å². The Labute approximate surface area is 106 Å². The van der Waals surface area contributed by atoms with E-state index in [4.69, 9.17) is 5.73 Å². The summed E-state index contributed by atoms with van der Waals surface area (Å²) in [6, 6.07) is 1.93. The molecule has 2 N–H and O–H groups in total. The van der Waals surface area contributed by atoms with Crippen LogP contribution >= 0.6 is 0 Å². The van der Waals surface area contributed by atoms with Crippen molar-refractivity contribution in [3.63, 3.8) is 0 Å². The lowest BCUT2D eigenvalue weighted by molar-refractivity contribution is 0.277. The van der Waals surface area contributed by atoms with E-state index in [1.807, 2.05) is 16.9 Å². The predicted molar refractivity (Wildman–Crippen MR) is 68.2 cm³/mol. The fourth-order valence-electron chi connectivity index (χ4n) is 2.71. The first-order valence-corrected chi connectivity index (χ1v) is 6.16. The maximum absolute atomic E-state index is 6.23. The lowest BCUT2D eigenvalue weighted by Crippen LogP contribution is -2.30. The Hall–Kier alpha value is -1.75. The summed E-state index contributed by atoms with van der Waals surface area (Å²) in [6.07, 6.45) is 7.11. The quantitative estimate of drug-likeness (QED) is 0.826. The van der Waals surface area contributed by atoms with Crippen molar-refractivity contribution >= 4 is 0 Å². The Balaban J connectivity index is 2.10. The summed E-state index contributed by atoms with van der Waals surface area (Å²) in [6.45, 7) is 4.49. The average molecular weight is 243 g/mol. The topological polar surface area (TPSA) is 69.6 Å². The Morgan fingerprint density at radius 3 is 3.00 bits per heavy atom. The van der Waals surface area contributed by atoms with Crippen LogP contribution in [0.4, 0.5) is 0 Å². The van der Waals surface area contributed by atoms with E-state index in [0.717, 1.165) is 24.2 Å². The Bertz CT molecular complexity index is 558. The summed E-state index contributed by atoms with van der Waals surface area (Å²) in [5.41, 5.74) is 8.76. The lowest BCUT2D eigenvalue weighted by atomic mass is 9.75. The van der Waals surface area contributed by atoms with Gasteiger partial charge in [0.05, 0.1) is 11.9 Å². The van der Waals surface area contributed by atoms with Gasteiger partial charge in [-0.3, -0.25) is 0 Å². The number of nitrogens with zero attached hydrogens (tertiary/aromatic N) is 4. The molecular formula is C13H17N5. The van der Waals surface area contributed by atoms with Gasteiger partial charge in [0.15, 0.2) is 5.82 Å². The third-order valence-corrected chi connectivity index (χ3v) is 3.50. The van der Waals surface area contributed by atoms with Crippen LogP contribution in [-0.4, -0.2) is 19.7 Å². The molecule has 3 rings (SSSR count). The van der Waals surface area contributed by atoms with Crippen molar-refractivity contribution in [2.45, 2.75) is 32.7 Å². The molecule has 1 atom stereocenters. The van der Waals surface area contributed by atoms with Crippen molar-refractivity contribution in [1.82, 2.24) is 19.7 Å². The van der Waals surface area contributed by atoms with Gasteiger partial charge in [-0.2, -0.15) is 5.10 Å². The SMILES string of the molecule is CC1(C)Cc2c(cnn2-c2ccncn2)C(N)C1. The standard InChI is InChI=1S/C13H17N5/c1-13(2)5-10(14)9-7-17-18(11(9)6-13)12-3-4-15-8-16-12/h3-4,7-8,10H,5-6,14H2,1-2H3. The summed E-state index contributed by atoms with van der Waals surface area (Å²) < 4.78 is 1.89. The molecule has 0 aromatic carbocycles. The first-order chi connectivity index (χ1) is 8.57. The molecule has 2 heterocycles. The highest BCUT2D eigenvalue weighted by atomic mass is 15.3. The molecule has 94 valence electrons. The second-order valence-electron chi connectivity index (χ2n) is 5.68. The first kappa shape index (κ1) is 11.3. The number of hydrogen-bond donors (Lipinski definition) is 1. The van der Waals surface area contributed by atoms with Gasteiger partial charge < -0.3 is 5.73 Å². The smallest absolute Gasteiger partial charge is 0.156 e. The van der Waals surface area contributed by atoms with Gasteiger partial charge in [-0.05, 0) is 18.3 Å². The second-order valence-corrected chi connectivity index (χ2v) is 5.68. The molecule has 0 fully saturated rings. The van der Waals surface area contributed by atoms with Crippen LogP contribution in [0.3, 0.4) is 0 Å². The maximum Gasteiger partial charge on any atom is 0.156 e. The molecule has 1 unspecified atom stereocenters. The van der Waals surface area contributed by atoms with E-state index in [2.05, 4.69) is 28.9 Å². The van der Waals surface area contributed by atoms with E-state index in [-0.39, 0.29) is 11.5 Å². The van der Waals surface area contributed by atoms with Gasteiger partial charge in [0.25, 0.3) is 0 Å². The molecule has 5 nitrogen and oxygen atoms in total. The summed E-state index contributed by atoms with van der Waals surface area (Å²) >= 11 is 0. The maximum atomic E-state index is 6.23. The molecule has 0 saturated carbocycles. The molecule has 2 aromatic rings. The van der Waals surface area contributed by atoms with E-state index in [1.54, 1.807) is 6.20 Å². The monoisotopic (exact) mass is 243 g/mol. The molecule has 0 amide bonds. The summed E-state index contributed by atoms with van der Waals surface area (Å²) in [5, 5.41) is 4.43. The summed E-state index contributed by atoms with van der Waals surface area (Å²) in [7, 11) is 0. The van der Waals surface area contributed by atoms with Crippen molar-refractivity contribution in [1.29, 1.82) is 0 Å². The van der Waals surface area contributed by atoms with Crippen LogP contribution in [0.15, 0.2) is 24.8 Å². The molecule has 2 aromatic heterocycles. The van der Waals surface area contributed by atoms with E-state index in [0.29, 0.717) is 0 Å². The van der Waals surface area contributed by atoms with E-state index in [1.165, 1.54) is 12.0 Å². The van der Waals surface area contributed by atoms with Crippen LogP contribution in [0.2, 0.25) is 0 Å². The number of nitrogens with two attached hydrogens (primary N) is 1. The second kappa shape index (κ2) is 3.88. The summed E-state index contributed by atoms with van der Waals surface area (Å²) in [5.74, 6) is 0.802. The zero-order chi connectivity index (χ0) is 12.8. The minimum absolute atomic E-state index is 0.0688. The van der Waals surface area contributed by atoms with Gasteiger partial charge in [0.1, 0.15) is 6.33 Å². The zero-order valence-corrected chi connectivity index (χ0v) is 10.7. The van der Waals surface area contributed by atoms with Crippen LogP contribution in [0, 0.1) is 5.41 Å². The molecule has 18 heavy (non-hydrogen) atoms. The molecule has 0 aliphatic heterocycles. The highest BCUT2D eigenvalue weighted by Gasteiger charge is 2.33. The van der Waals surface area contributed by atoms with Crippen LogP contribution in [0.5, 0.6) is 0 Å². The molecule has 1 aliphatic carbocycles. The summed E-state index contributed by atoms with van der Waals surface area (Å²) in [4.78, 5) is 8.18. The highest BCUT2D eigenvalue weighted by molar-refractivity contribution is 5.32. The molecule has 0 bridgehead atoms. The van der Waals surface area contributed by atoms with Crippen LogP contribution < -0.4 is 5.73 Å². The Morgan fingerprint density at radius 1 is 1.44 bits per heavy atom. The molecular weight excluding hydrogens is 226 g/mol. The van der Waals surface area contributed by atoms with Gasteiger partial charge in [0, 0.05) is 23.9 Å². The van der Waals surface area contributed by atoms with Crippen molar-refractivity contribution in [2.24, 2.45) is 11.1 Å². The first-order valence-electron chi connectivity index (χ1n) is 6.16. The fraction of sp³-hybridized carbons (Fsp3) is 0.462. The van der Waals surface area contributed by atoms with Gasteiger partial charge in [-0.25, -0.2) is 14.6 Å². The largest absolute Gasteiger partial charge is 0.324 e. The molecule has 0 spiro atoms. The molecule has 1 aliphatic rings. The van der Waals surface area contributed by atoms with Crippen LogP contribution in [0.25, 0.3) is 5.82 Å². The van der Waals surface area contributed by atoms with Gasteiger partial charge in [-0.15, -0.1) is 0 Å². The minimum atomic E-state index is 0.0688. The highest BCUT2D eigenvalue weighted by Crippen LogP contribution is 2.39. The third-order valence-electron chi connectivity index (χ3n) is 3.50. The average Bonchev–Trinajstić information content (AvgIpc) is 2.72. The number of fused-ring (bicyclic) bond motifs is 1. The number of hydrogen-bond acceptors (Lipinski definition) is 4. The third kappa shape index (κ3) is 1.80.